The highest BCUT2D eigenvalue weighted by molar-refractivity contribution is 6.30. The summed E-state index contributed by atoms with van der Waals surface area (Å²) in [6.45, 7) is 0.736. The van der Waals surface area contributed by atoms with Crippen LogP contribution in [0.3, 0.4) is 0 Å². The van der Waals surface area contributed by atoms with Gasteiger partial charge in [-0.15, -0.1) is 0 Å². The number of hydrogen-bond donors (Lipinski definition) is 0. The Bertz CT molecular complexity index is 804. The predicted molar refractivity (Wildman–Crippen MR) is 105 cm³/mol. The van der Waals surface area contributed by atoms with Gasteiger partial charge in [0.2, 0.25) is 0 Å². The van der Waals surface area contributed by atoms with Crippen molar-refractivity contribution in [3.63, 3.8) is 0 Å². The zero-order chi connectivity index (χ0) is 17.5. The normalized spacial score (nSPS) is 17.3. The lowest BCUT2D eigenvalue weighted by molar-refractivity contribution is 0.0968. The standard InChI is InChI=1S/C22H20ClNO/c23-20-10-8-19(9-11-20)22(25)16-18-7-13-21(24-15-14-18)12-6-17-4-2-1-3-5-17/h1-13,18H,14-16H2/b12-6+. The van der Waals surface area contributed by atoms with E-state index in [1.807, 2.05) is 30.4 Å². The van der Waals surface area contributed by atoms with E-state index < -0.39 is 0 Å². The molecule has 1 aliphatic heterocycles. The van der Waals surface area contributed by atoms with E-state index in [4.69, 9.17) is 11.6 Å². The lowest BCUT2D eigenvalue weighted by Crippen LogP contribution is -2.07. The highest BCUT2D eigenvalue weighted by Gasteiger charge is 2.14. The van der Waals surface area contributed by atoms with Gasteiger partial charge in [0, 0.05) is 23.6 Å². The molecule has 126 valence electrons. The van der Waals surface area contributed by atoms with E-state index >= 15 is 0 Å². The van der Waals surface area contributed by atoms with E-state index in [0.29, 0.717) is 17.0 Å². The highest BCUT2D eigenvalue weighted by atomic mass is 35.5. The van der Waals surface area contributed by atoms with Crippen molar-refractivity contribution in [1.82, 2.24) is 0 Å². The number of Topliss-reactive ketones (excluding diaryl/α,β-unsaturated/α-hetero) is 1. The van der Waals surface area contributed by atoms with E-state index in [-0.39, 0.29) is 11.7 Å². The number of benzene rings is 2. The number of hydrogen-bond acceptors (Lipinski definition) is 2. The molecule has 1 unspecified atom stereocenters. The Balaban J connectivity index is 1.60. The average Bonchev–Trinajstić information content (AvgIpc) is 2.86. The number of halogens is 1. The summed E-state index contributed by atoms with van der Waals surface area (Å²) in [4.78, 5) is 17.0. The van der Waals surface area contributed by atoms with Gasteiger partial charge in [0.15, 0.2) is 5.78 Å². The average molecular weight is 350 g/mol. The van der Waals surface area contributed by atoms with Crippen LogP contribution in [-0.2, 0) is 0 Å². The third-order valence-corrected chi connectivity index (χ3v) is 4.45. The number of aliphatic imine (C=N–C) groups is 1. The molecule has 0 aromatic heterocycles. The van der Waals surface area contributed by atoms with E-state index in [2.05, 4.69) is 29.3 Å². The van der Waals surface area contributed by atoms with Crippen molar-refractivity contribution in [2.24, 2.45) is 10.9 Å². The number of carbonyl (C=O) groups is 1. The minimum absolute atomic E-state index is 0.148. The lowest BCUT2D eigenvalue weighted by Gasteiger charge is -2.09. The number of carbonyl (C=O) groups excluding carboxylic acids is 1. The van der Waals surface area contributed by atoms with Gasteiger partial charge in [-0.3, -0.25) is 9.79 Å². The van der Waals surface area contributed by atoms with Crippen molar-refractivity contribution in [1.29, 1.82) is 0 Å². The minimum atomic E-state index is 0.148. The van der Waals surface area contributed by atoms with Gasteiger partial charge in [0.25, 0.3) is 0 Å². The van der Waals surface area contributed by atoms with Crippen molar-refractivity contribution in [2.45, 2.75) is 12.8 Å². The van der Waals surface area contributed by atoms with Gasteiger partial charge >= 0.3 is 0 Å². The number of rotatable bonds is 5. The molecular weight excluding hydrogens is 330 g/mol. The van der Waals surface area contributed by atoms with Crippen LogP contribution in [-0.4, -0.2) is 18.0 Å². The summed E-state index contributed by atoms with van der Waals surface area (Å²) in [6.07, 6.45) is 9.60. The molecule has 3 rings (SSSR count). The van der Waals surface area contributed by atoms with Crippen molar-refractivity contribution in [3.8, 4) is 0 Å². The molecule has 2 nitrogen and oxygen atoms in total. The quantitative estimate of drug-likeness (QED) is 0.642. The summed E-state index contributed by atoms with van der Waals surface area (Å²) in [6, 6.07) is 17.2. The zero-order valence-corrected chi connectivity index (χ0v) is 14.7. The van der Waals surface area contributed by atoms with Gasteiger partial charge in [-0.25, -0.2) is 0 Å². The second kappa shape index (κ2) is 8.59. The fourth-order valence-corrected chi connectivity index (χ4v) is 2.88. The van der Waals surface area contributed by atoms with Crippen LogP contribution in [0.5, 0.6) is 0 Å². The van der Waals surface area contributed by atoms with Crippen LogP contribution in [0.2, 0.25) is 5.02 Å². The SMILES string of the molecule is O=C(CC1C=CC(/C=C/c2ccccc2)=NCC1)c1ccc(Cl)cc1. The molecule has 25 heavy (non-hydrogen) atoms. The Kier molecular flexibility index (Phi) is 5.97. The molecule has 0 bridgehead atoms. The Morgan fingerprint density at radius 1 is 1.08 bits per heavy atom. The van der Waals surface area contributed by atoms with Gasteiger partial charge in [0.05, 0.1) is 5.71 Å². The molecule has 0 N–H and O–H groups in total. The van der Waals surface area contributed by atoms with Gasteiger partial charge in [-0.1, -0.05) is 54.1 Å². The summed E-state index contributed by atoms with van der Waals surface area (Å²) >= 11 is 5.88. The Hall–Kier alpha value is -2.45. The monoisotopic (exact) mass is 349 g/mol. The summed E-state index contributed by atoms with van der Waals surface area (Å²) in [5.74, 6) is 0.365. The lowest BCUT2D eigenvalue weighted by atomic mass is 9.95. The van der Waals surface area contributed by atoms with Crippen molar-refractivity contribution < 1.29 is 4.79 Å². The van der Waals surface area contributed by atoms with Gasteiger partial charge in [-0.05, 0) is 54.3 Å². The predicted octanol–water partition coefficient (Wildman–Crippen LogP) is 5.64. The topological polar surface area (TPSA) is 29.4 Å². The first-order chi connectivity index (χ1) is 12.2. The highest BCUT2D eigenvalue weighted by Crippen LogP contribution is 2.19. The minimum Gasteiger partial charge on any atom is -0.294 e. The molecule has 1 atom stereocenters. The van der Waals surface area contributed by atoms with Gasteiger partial charge in [0.1, 0.15) is 0 Å². The number of nitrogens with zero attached hydrogens (tertiary/aromatic N) is 1. The van der Waals surface area contributed by atoms with E-state index in [1.54, 1.807) is 24.3 Å². The zero-order valence-electron chi connectivity index (χ0n) is 13.9. The van der Waals surface area contributed by atoms with Crippen LogP contribution < -0.4 is 0 Å². The van der Waals surface area contributed by atoms with Crippen LogP contribution in [0.15, 0.2) is 77.8 Å². The maximum absolute atomic E-state index is 12.4. The third-order valence-electron chi connectivity index (χ3n) is 4.19. The van der Waals surface area contributed by atoms with E-state index in [9.17, 15) is 4.79 Å². The Labute approximate surface area is 153 Å². The van der Waals surface area contributed by atoms with Crippen molar-refractivity contribution >= 4 is 29.2 Å². The molecule has 0 saturated heterocycles. The Morgan fingerprint density at radius 2 is 1.84 bits per heavy atom. The van der Waals surface area contributed by atoms with Crippen LogP contribution in [0.1, 0.15) is 28.8 Å². The van der Waals surface area contributed by atoms with Crippen LogP contribution in [0, 0.1) is 5.92 Å². The summed E-state index contributed by atoms with van der Waals surface area (Å²) in [5, 5.41) is 0.647. The molecule has 3 heteroatoms. The summed E-state index contributed by atoms with van der Waals surface area (Å²) in [7, 11) is 0. The molecule has 0 aliphatic carbocycles. The first-order valence-electron chi connectivity index (χ1n) is 8.45. The first kappa shape index (κ1) is 17.4. The van der Waals surface area contributed by atoms with E-state index in [1.165, 1.54) is 0 Å². The maximum atomic E-state index is 12.4. The van der Waals surface area contributed by atoms with Crippen LogP contribution in [0.4, 0.5) is 0 Å². The fourth-order valence-electron chi connectivity index (χ4n) is 2.76. The second-order valence-electron chi connectivity index (χ2n) is 6.09. The molecule has 0 radical (unpaired) electrons. The molecule has 2 aromatic carbocycles. The molecule has 1 aliphatic rings. The molecule has 0 fully saturated rings. The molecular formula is C22H20ClNO. The number of allylic oxidation sites excluding steroid dienone is 3. The fraction of sp³-hybridized carbons (Fsp3) is 0.182. The van der Waals surface area contributed by atoms with Crippen molar-refractivity contribution in [3.05, 3.63) is 89.0 Å². The van der Waals surface area contributed by atoms with Crippen LogP contribution in [0.25, 0.3) is 6.08 Å². The molecule has 0 saturated carbocycles. The Morgan fingerprint density at radius 3 is 2.60 bits per heavy atom. The third kappa shape index (κ3) is 5.27. The summed E-state index contributed by atoms with van der Waals surface area (Å²) in [5.41, 5.74) is 2.81. The summed E-state index contributed by atoms with van der Waals surface area (Å²) < 4.78 is 0. The first-order valence-corrected chi connectivity index (χ1v) is 8.83. The van der Waals surface area contributed by atoms with Crippen LogP contribution >= 0.6 is 11.6 Å². The molecule has 1 heterocycles. The van der Waals surface area contributed by atoms with Gasteiger partial charge < -0.3 is 0 Å². The molecule has 2 aromatic rings. The number of ketones is 1. The second-order valence-corrected chi connectivity index (χ2v) is 6.53. The maximum Gasteiger partial charge on any atom is 0.163 e. The largest absolute Gasteiger partial charge is 0.294 e. The molecule has 0 amide bonds. The molecule has 0 spiro atoms. The van der Waals surface area contributed by atoms with Gasteiger partial charge in [-0.2, -0.15) is 0 Å². The smallest absolute Gasteiger partial charge is 0.163 e. The van der Waals surface area contributed by atoms with E-state index in [0.717, 1.165) is 24.2 Å². The van der Waals surface area contributed by atoms with Crippen molar-refractivity contribution in [2.75, 3.05) is 6.54 Å².